The highest BCUT2D eigenvalue weighted by Crippen LogP contribution is 2.12. The van der Waals surface area contributed by atoms with E-state index in [0.29, 0.717) is 11.3 Å². The van der Waals surface area contributed by atoms with Gasteiger partial charge in [0.2, 0.25) is 0 Å². The van der Waals surface area contributed by atoms with Gasteiger partial charge in [-0.1, -0.05) is 30.4 Å². The van der Waals surface area contributed by atoms with E-state index in [1.807, 2.05) is 59.1 Å². The van der Waals surface area contributed by atoms with Crippen LogP contribution in [0.1, 0.15) is 10.4 Å². The van der Waals surface area contributed by atoms with Gasteiger partial charge in [0.05, 0.1) is 0 Å². The third kappa shape index (κ3) is 4.59. The molecular formula is C16H23N3OS. The van der Waals surface area contributed by atoms with Crippen LogP contribution in [-0.2, 0) is 0 Å². The Labute approximate surface area is 130 Å². The molecule has 0 aromatic heterocycles. The molecule has 2 aliphatic heterocycles. The van der Waals surface area contributed by atoms with Gasteiger partial charge in [0.1, 0.15) is 0 Å². The van der Waals surface area contributed by atoms with Gasteiger partial charge in [-0.05, 0) is 18.4 Å². The molecule has 2 heterocycles. The van der Waals surface area contributed by atoms with Crippen LogP contribution in [0.15, 0.2) is 42.5 Å². The lowest BCUT2D eigenvalue weighted by molar-refractivity contribution is 0.0800. The van der Waals surface area contributed by atoms with Gasteiger partial charge in [-0.2, -0.15) is 11.8 Å². The molecule has 4 nitrogen and oxygen atoms in total. The molecule has 0 spiro atoms. The topological polar surface area (TPSA) is 58.4 Å². The Morgan fingerprint density at radius 1 is 1.24 bits per heavy atom. The van der Waals surface area contributed by atoms with Gasteiger partial charge in [-0.25, -0.2) is 0 Å². The summed E-state index contributed by atoms with van der Waals surface area (Å²) >= 11 is 1.85. The van der Waals surface area contributed by atoms with Crippen LogP contribution in [0.25, 0.3) is 0 Å². The van der Waals surface area contributed by atoms with Crippen molar-refractivity contribution >= 4 is 17.7 Å². The highest BCUT2D eigenvalue weighted by atomic mass is 32.2. The summed E-state index contributed by atoms with van der Waals surface area (Å²) in [4.78, 5) is 13.5. The van der Waals surface area contributed by atoms with Crippen LogP contribution >= 0.6 is 11.8 Å². The van der Waals surface area contributed by atoms with E-state index in [-0.39, 0.29) is 5.91 Å². The first-order chi connectivity index (χ1) is 10.2. The number of nitrogens with zero attached hydrogens (tertiary/aromatic N) is 1. The molecule has 1 saturated heterocycles. The van der Waals surface area contributed by atoms with E-state index in [0.717, 1.165) is 31.7 Å². The summed E-state index contributed by atoms with van der Waals surface area (Å²) in [5, 5.41) is 3.88. The van der Waals surface area contributed by atoms with Gasteiger partial charge in [0, 0.05) is 43.0 Å². The van der Waals surface area contributed by atoms with E-state index in [1.165, 1.54) is 0 Å². The standard InChI is InChI=1S/C11H11NO.C5H12N2S/c13-11(12-8-4-5-9-12)10-6-2-1-3-7-10;1-8-5-3-7-2-4(5)6/h1-7H,8-9H2;4-5,7H,2-3,6H2,1H3/t;4-,5-/m.1/s1. The zero-order valence-corrected chi connectivity index (χ0v) is 13.2. The van der Waals surface area contributed by atoms with E-state index in [9.17, 15) is 4.79 Å². The maximum Gasteiger partial charge on any atom is 0.254 e. The Morgan fingerprint density at radius 2 is 1.90 bits per heavy atom. The van der Waals surface area contributed by atoms with Gasteiger partial charge in [-0.3, -0.25) is 4.79 Å². The van der Waals surface area contributed by atoms with Crippen LogP contribution in [0, 0.1) is 0 Å². The third-order valence-electron chi connectivity index (χ3n) is 3.63. The summed E-state index contributed by atoms with van der Waals surface area (Å²) in [7, 11) is 0. The number of hydrogen-bond donors (Lipinski definition) is 2. The number of nitrogens with two attached hydrogens (primary N) is 1. The normalized spacial score (nSPS) is 23.8. The number of thioether (sulfide) groups is 1. The molecule has 1 fully saturated rings. The van der Waals surface area contributed by atoms with Crippen molar-refractivity contribution in [2.45, 2.75) is 11.3 Å². The van der Waals surface area contributed by atoms with Crippen molar-refractivity contribution in [3.63, 3.8) is 0 Å². The molecule has 114 valence electrons. The van der Waals surface area contributed by atoms with Crippen molar-refractivity contribution in [3.8, 4) is 0 Å². The van der Waals surface area contributed by atoms with Crippen molar-refractivity contribution in [1.29, 1.82) is 0 Å². The molecule has 1 aromatic rings. The summed E-state index contributed by atoms with van der Waals surface area (Å²) in [6.45, 7) is 3.56. The predicted octanol–water partition coefficient (Wildman–Crippen LogP) is 1.35. The van der Waals surface area contributed by atoms with Crippen molar-refractivity contribution < 1.29 is 4.79 Å². The van der Waals surface area contributed by atoms with Crippen molar-refractivity contribution in [3.05, 3.63) is 48.0 Å². The number of hydrogen-bond acceptors (Lipinski definition) is 4. The summed E-state index contributed by atoms with van der Waals surface area (Å²) < 4.78 is 0. The van der Waals surface area contributed by atoms with Crippen molar-refractivity contribution in [2.75, 3.05) is 32.4 Å². The molecule has 3 rings (SSSR count). The average molecular weight is 305 g/mol. The fraction of sp³-hybridized carbons (Fsp3) is 0.438. The van der Waals surface area contributed by atoms with Gasteiger partial charge in [0.15, 0.2) is 0 Å². The Kier molecular flexibility index (Phi) is 6.29. The third-order valence-corrected chi connectivity index (χ3v) is 4.75. The van der Waals surface area contributed by atoms with Crippen molar-refractivity contribution in [1.82, 2.24) is 10.2 Å². The van der Waals surface area contributed by atoms with E-state index in [2.05, 4.69) is 11.6 Å². The molecule has 0 saturated carbocycles. The van der Waals surface area contributed by atoms with Crippen molar-refractivity contribution in [2.24, 2.45) is 5.73 Å². The number of benzene rings is 1. The molecule has 1 aromatic carbocycles. The summed E-state index contributed by atoms with van der Waals surface area (Å²) in [6, 6.07) is 9.76. The second kappa shape index (κ2) is 8.22. The quantitative estimate of drug-likeness (QED) is 0.810. The maximum atomic E-state index is 11.7. The number of carbonyl (C=O) groups excluding carboxylic acids is 1. The molecule has 2 aliphatic rings. The summed E-state index contributed by atoms with van der Waals surface area (Å²) in [5.41, 5.74) is 6.48. The fourth-order valence-electron chi connectivity index (χ4n) is 2.34. The van der Waals surface area contributed by atoms with E-state index >= 15 is 0 Å². The second-order valence-electron chi connectivity index (χ2n) is 5.14. The number of rotatable bonds is 2. The first-order valence-corrected chi connectivity index (χ1v) is 8.49. The summed E-state index contributed by atoms with van der Waals surface area (Å²) in [5.74, 6) is 0.116. The lowest BCUT2D eigenvalue weighted by Crippen LogP contribution is -2.30. The zero-order valence-electron chi connectivity index (χ0n) is 12.4. The zero-order chi connectivity index (χ0) is 15.1. The monoisotopic (exact) mass is 305 g/mol. The maximum absolute atomic E-state index is 11.7. The lowest BCUT2D eigenvalue weighted by atomic mass is 10.2. The van der Waals surface area contributed by atoms with Crippen LogP contribution in [0.5, 0.6) is 0 Å². The molecule has 0 bridgehead atoms. The minimum Gasteiger partial charge on any atom is -0.331 e. The molecule has 2 atom stereocenters. The van der Waals surface area contributed by atoms with Crippen LogP contribution in [-0.4, -0.2) is 54.5 Å². The number of nitrogens with one attached hydrogen (secondary N) is 1. The van der Waals surface area contributed by atoms with Gasteiger partial charge < -0.3 is 16.0 Å². The Hall–Kier alpha value is -1.30. The fourth-order valence-corrected chi connectivity index (χ4v) is 3.07. The van der Waals surface area contributed by atoms with Crippen LogP contribution in [0.4, 0.5) is 0 Å². The first-order valence-electron chi connectivity index (χ1n) is 7.20. The molecule has 1 amide bonds. The van der Waals surface area contributed by atoms with E-state index < -0.39 is 0 Å². The molecular weight excluding hydrogens is 282 g/mol. The predicted molar refractivity (Wildman–Crippen MR) is 89.6 cm³/mol. The molecule has 0 radical (unpaired) electrons. The largest absolute Gasteiger partial charge is 0.331 e. The van der Waals surface area contributed by atoms with Gasteiger partial charge in [0.25, 0.3) is 5.91 Å². The Morgan fingerprint density at radius 3 is 2.38 bits per heavy atom. The Bertz CT molecular complexity index is 470. The van der Waals surface area contributed by atoms with Gasteiger partial charge in [-0.15, -0.1) is 0 Å². The highest BCUT2D eigenvalue weighted by Gasteiger charge is 2.21. The SMILES string of the molecule is CS[C@@H]1CNC[C@H]1N.O=C(c1ccccc1)N1CC=CC1. The van der Waals surface area contributed by atoms with Gasteiger partial charge >= 0.3 is 0 Å². The number of carbonyl (C=O) groups is 1. The first kappa shape index (κ1) is 16.1. The van der Waals surface area contributed by atoms with E-state index in [4.69, 9.17) is 5.73 Å². The Balaban J connectivity index is 0.000000173. The molecule has 0 aliphatic carbocycles. The molecule has 3 N–H and O–H groups in total. The van der Waals surface area contributed by atoms with Crippen LogP contribution in [0.3, 0.4) is 0 Å². The average Bonchev–Trinajstić information content (AvgIpc) is 3.19. The lowest BCUT2D eigenvalue weighted by Gasteiger charge is -2.14. The molecule has 5 heteroatoms. The minimum absolute atomic E-state index is 0.116. The van der Waals surface area contributed by atoms with E-state index in [1.54, 1.807) is 0 Å². The second-order valence-corrected chi connectivity index (χ2v) is 6.22. The molecule has 21 heavy (non-hydrogen) atoms. The minimum atomic E-state index is 0.116. The highest BCUT2D eigenvalue weighted by molar-refractivity contribution is 7.99. The number of amides is 1. The van der Waals surface area contributed by atoms with Crippen LogP contribution < -0.4 is 11.1 Å². The summed E-state index contributed by atoms with van der Waals surface area (Å²) in [6.07, 6.45) is 6.14. The van der Waals surface area contributed by atoms with Crippen LogP contribution in [0.2, 0.25) is 0 Å². The molecule has 0 unspecified atom stereocenters. The smallest absolute Gasteiger partial charge is 0.254 e.